The predicted octanol–water partition coefficient (Wildman–Crippen LogP) is 2.56. The number of amides is 2. The molecule has 2 unspecified atom stereocenters. The van der Waals surface area contributed by atoms with E-state index in [1.165, 1.54) is 4.90 Å². The standard InChI is InChI=1S/C15H26N2O3S/c1-10-7-8-17(13(9-10)14(18)19)15(20)16-11-3-5-12(21-2)6-4-11/h10-13H,3-9H2,1-2H3,(H,16,20)(H,18,19). The molecule has 0 aromatic carbocycles. The molecule has 1 saturated carbocycles. The van der Waals surface area contributed by atoms with Gasteiger partial charge in [0.05, 0.1) is 0 Å². The average Bonchev–Trinajstić information content (AvgIpc) is 2.47. The number of aliphatic carboxylic acids is 1. The van der Waals surface area contributed by atoms with Crippen molar-refractivity contribution in [3.63, 3.8) is 0 Å². The summed E-state index contributed by atoms with van der Waals surface area (Å²) in [5.74, 6) is -0.519. The molecule has 5 nitrogen and oxygen atoms in total. The first-order valence-electron chi connectivity index (χ1n) is 7.84. The third-order valence-corrected chi connectivity index (χ3v) is 5.88. The maximum absolute atomic E-state index is 12.4. The summed E-state index contributed by atoms with van der Waals surface area (Å²) in [7, 11) is 0. The van der Waals surface area contributed by atoms with E-state index >= 15 is 0 Å². The van der Waals surface area contributed by atoms with Gasteiger partial charge in [-0.1, -0.05) is 6.92 Å². The molecule has 21 heavy (non-hydrogen) atoms. The average molecular weight is 314 g/mol. The lowest BCUT2D eigenvalue weighted by atomic mass is 9.92. The van der Waals surface area contributed by atoms with Crippen molar-refractivity contribution in [3.8, 4) is 0 Å². The minimum Gasteiger partial charge on any atom is -0.480 e. The number of hydrogen-bond donors (Lipinski definition) is 2. The van der Waals surface area contributed by atoms with Gasteiger partial charge in [0.1, 0.15) is 6.04 Å². The molecule has 1 aliphatic carbocycles. The molecule has 1 aliphatic heterocycles. The summed E-state index contributed by atoms with van der Waals surface area (Å²) in [6.07, 6.45) is 7.84. The summed E-state index contributed by atoms with van der Waals surface area (Å²) in [5.41, 5.74) is 0. The van der Waals surface area contributed by atoms with E-state index in [0.29, 0.717) is 24.1 Å². The van der Waals surface area contributed by atoms with Crippen molar-refractivity contribution in [3.05, 3.63) is 0 Å². The second-order valence-corrected chi connectivity index (χ2v) is 7.47. The number of nitrogens with one attached hydrogen (secondary N) is 1. The molecule has 2 rings (SSSR count). The van der Waals surface area contributed by atoms with Crippen LogP contribution in [0.25, 0.3) is 0 Å². The Kier molecular flexibility index (Phi) is 5.79. The molecule has 2 N–H and O–H groups in total. The van der Waals surface area contributed by atoms with Crippen molar-refractivity contribution in [2.75, 3.05) is 12.8 Å². The number of carboxylic acids is 1. The van der Waals surface area contributed by atoms with Gasteiger partial charge in [-0.2, -0.15) is 11.8 Å². The van der Waals surface area contributed by atoms with Gasteiger partial charge < -0.3 is 15.3 Å². The van der Waals surface area contributed by atoms with Crippen LogP contribution in [0.1, 0.15) is 45.4 Å². The minimum atomic E-state index is -0.886. The van der Waals surface area contributed by atoms with Gasteiger partial charge >= 0.3 is 12.0 Å². The highest BCUT2D eigenvalue weighted by Gasteiger charge is 2.35. The number of thioether (sulfide) groups is 1. The van der Waals surface area contributed by atoms with E-state index in [1.807, 2.05) is 11.8 Å². The van der Waals surface area contributed by atoms with Gasteiger partial charge in [0.15, 0.2) is 0 Å². The van der Waals surface area contributed by atoms with Gasteiger partial charge in [-0.3, -0.25) is 0 Å². The van der Waals surface area contributed by atoms with Crippen LogP contribution in [-0.4, -0.2) is 52.1 Å². The normalized spacial score (nSPS) is 33.5. The molecule has 0 radical (unpaired) electrons. The highest BCUT2D eigenvalue weighted by atomic mass is 32.2. The zero-order chi connectivity index (χ0) is 15.4. The zero-order valence-electron chi connectivity index (χ0n) is 12.9. The van der Waals surface area contributed by atoms with Gasteiger partial charge in [0.2, 0.25) is 0 Å². The molecule has 1 saturated heterocycles. The first kappa shape index (κ1) is 16.5. The molecule has 0 aromatic heterocycles. The smallest absolute Gasteiger partial charge is 0.326 e. The van der Waals surface area contributed by atoms with Crippen LogP contribution in [0.15, 0.2) is 0 Å². The summed E-state index contributed by atoms with van der Waals surface area (Å²) >= 11 is 1.90. The summed E-state index contributed by atoms with van der Waals surface area (Å²) in [6, 6.07) is -0.659. The highest BCUT2D eigenvalue weighted by molar-refractivity contribution is 7.99. The van der Waals surface area contributed by atoms with E-state index in [4.69, 9.17) is 0 Å². The highest BCUT2D eigenvalue weighted by Crippen LogP contribution is 2.28. The molecule has 1 heterocycles. The molecule has 2 atom stereocenters. The van der Waals surface area contributed by atoms with Crippen LogP contribution in [0, 0.1) is 5.92 Å². The van der Waals surface area contributed by atoms with Crippen LogP contribution >= 0.6 is 11.8 Å². The van der Waals surface area contributed by atoms with E-state index in [-0.39, 0.29) is 12.1 Å². The van der Waals surface area contributed by atoms with Crippen LogP contribution < -0.4 is 5.32 Å². The Morgan fingerprint density at radius 3 is 2.43 bits per heavy atom. The maximum Gasteiger partial charge on any atom is 0.326 e. The van der Waals surface area contributed by atoms with E-state index in [1.54, 1.807) is 0 Å². The van der Waals surface area contributed by atoms with Crippen molar-refractivity contribution in [2.24, 2.45) is 5.92 Å². The minimum absolute atomic E-state index is 0.193. The monoisotopic (exact) mass is 314 g/mol. The Hall–Kier alpha value is -0.910. The molecular weight excluding hydrogens is 288 g/mol. The van der Waals surface area contributed by atoms with Crippen molar-refractivity contribution >= 4 is 23.8 Å². The SMILES string of the molecule is CSC1CCC(NC(=O)N2CCC(C)CC2C(=O)O)CC1. The fourth-order valence-corrected chi connectivity index (χ4v) is 4.06. The zero-order valence-corrected chi connectivity index (χ0v) is 13.7. The number of carboxylic acid groups (broad SMARTS) is 1. The van der Waals surface area contributed by atoms with Crippen LogP contribution in [-0.2, 0) is 4.79 Å². The van der Waals surface area contributed by atoms with Gasteiger partial charge in [-0.05, 0) is 50.7 Å². The van der Waals surface area contributed by atoms with Gasteiger partial charge in [-0.15, -0.1) is 0 Å². The lowest BCUT2D eigenvalue weighted by molar-refractivity contribution is -0.143. The summed E-state index contributed by atoms with van der Waals surface area (Å²) in [5, 5.41) is 13.1. The number of urea groups is 1. The third-order valence-electron chi connectivity index (χ3n) is 4.75. The van der Waals surface area contributed by atoms with E-state index < -0.39 is 12.0 Å². The van der Waals surface area contributed by atoms with Crippen LogP contribution in [0.2, 0.25) is 0 Å². The fourth-order valence-electron chi connectivity index (χ4n) is 3.32. The predicted molar refractivity (Wildman–Crippen MR) is 84.6 cm³/mol. The molecule has 6 heteroatoms. The summed E-state index contributed by atoms with van der Waals surface area (Å²) in [6.45, 7) is 2.60. The first-order chi connectivity index (χ1) is 10.0. The van der Waals surface area contributed by atoms with Gasteiger partial charge in [0, 0.05) is 17.8 Å². The van der Waals surface area contributed by atoms with Crippen LogP contribution in [0.3, 0.4) is 0 Å². The largest absolute Gasteiger partial charge is 0.480 e. The quantitative estimate of drug-likeness (QED) is 0.840. The second-order valence-electron chi connectivity index (χ2n) is 6.34. The molecule has 0 spiro atoms. The van der Waals surface area contributed by atoms with Crippen molar-refractivity contribution in [1.29, 1.82) is 0 Å². The Balaban J connectivity index is 1.88. The topological polar surface area (TPSA) is 69.6 Å². The Labute approximate surface area is 130 Å². The summed E-state index contributed by atoms with van der Waals surface area (Å²) < 4.78 is 0. The lowest BCUT2D eigenvalue weighted by Gasteiger charge is -2.37. The lowest BCUT2D eigenvalue weighted by Crippen LogP contribution is -2.55. The number of piperidine rings is 1. The molecule has 2 fully saturated rings. The molecular formula is C15H26N2O3S. The number of carbonyl (C=O) groups excluding carboxylic acids is 1. The van der Waals surface area contributed by atoms with Gasteiger partial charge in [0.25, 0.3) is 0 Å². The number of hydrogen-bond acceptors (Lipinski definition) is 3. The summed E-state index contributed by atoms with van der Waals surface area (Å²) in [4.78, 5) is 25.3. The Bertz CT molecular complexity index is 383. The van der Waals surface area contributed by atoms with Crippen molar-refractivity contribution in [1.82, 2.24) is 10.2 Å². The Morgan fingerprint density at radius 2 is 1.86 bits per heavy atom. The van der Waals surface area contributed by atoms with Crippen molar-refractivity contribution < 1.29 is 14.7 Å². The van der Waals surface area contributed by atoms with E-state index in [2.05, 4.69) is 18.5 Å². The third kappa shape index (κ3) is 4.28. The van der Waals surface area contributed by atoms with E-state index in [9.17, 15) is 14.7 Å². The number of rotatable bonds is 3. The molecule has 2 aliphatic rings. The number of likely N-dealkylation sites (tertiary alicyclic amines) is 1. The second kappa shape index (κ2) is 7.38. The fraction of sp³-hybridized carbons (Fsp3) is 0.867. The van der Waals surface area contributed by atoms with Crippen molar-refractivity contribution in [2.45, 2.75) is 62.8 Å². The molecule has 0 bridgehead atoms. The molecule has 0 aromatic rings. The Morgan fingerprint density at radius 1 is 1.19 bits per heavy atom. The van der Waals surface area contributed by atoms with E-state index in [0.717, 1.165) is 32.1 Å². The number of carbonyl (C=O) groups is 2. The van der Waals surface area contributed by atoms with Gasteiger partial charge in [-0.25, -0.2) is 9.59 Å². The van der Waals surface area contributed by atoms with Crippen LogP contribution in [0.4, 0.5) is 4.79 Å². The van der Waals surface area contributed by atoms with Crippen LogP contribution in [0.5, 0.6) is 0 Å². The molecule has 2 amide bonds. The molecule has 120 valence electrons. The maximum atomic E-state index is 12.4. The first-order valence-corrected chi connectivity index (χ1v) is 9.12. The number of nitrogens with zero attached hydrogens (tertiary/aromatic N) is 1.